The monoisotopic (exact) mass is 271 g/mol. The Balaban J connectivity index is 2.12. The molecule has 2 atom stereocenters. The van der Waals surface area contributed by atoms with Crippen LogP contribution in [0.4, 0.5) is 0 Å². The second-order valence-corrected chi connectivity index (χ2v) is 5.64. The number of fused-ring (bicyclic) bond motifs is 1. The molecule has 0 spiro atoms. The highest BCUT2D eigenvalue weighted by molar-refractivity contribution is 5.91. The minimum absolute atomic E-state index is 0.124. The molecule has 1 heterocycles. The van der Waals surface area contributed by atoms with E-state index in [1.165, 1.54) is 0 Å². The van der Waals surface area contributed by atoms with Crippen LogP contribution in [0.2, 0.25) is 0 Å². The van der Waals surface area contributed by atoms with Gasteiger partial charge in [0.15, 0.2) is 0 Å². The van der Waals surface area contributed by atoms with E-state index in [2.05, 4.69) is 25.1 Å². The number of hydrogen-bond acceptors (Lipinski definition) is 3. The third-order valence-electron chi connectivity index (χ3n) is 4.38. The van der Waals surface area contributed by atoms with Crippen molar-refractivity contribution in [3.63, 3.8) is 0 Å². The van der Waals surface area contributed by atoms with Crippen molar-refractivity contribution in [2.75, 3.05) is 13.7 Å². The van der Waals surface area contributed by atoms with E-state index in [1.54, 1.807) is 7.11 Å². The summed E-state index contributed by atoms with van der Waals surface area (Å²) in [6.45, 7) is 2.92. The van der Waals surface area contributed by atoms with Gasteiger partial charge in [-0.3, -0.25) is 0 Å². The summed E-state index contributed by atoms with van der Waals surface area (Å²) in [5, 5.41) is 2.25. The molecule has 1 aliphatic heterocycles. The van der Waals surface area contributed by atoms with Crippen LogP contribution >= 0.6 is 0 Å². The van der Waals surface area contributed by atoms with Crippen molar-refractivity contribution in [2.45, 2.75) is 31.4 Å². The molecule has 0 radical (unpaired) electrons. The topological polar surface area (TPSA) is 44.5 Å². The maximum absolute atomic E-state index is 6.53. The average molecular weight is 271 g/mol. The van der Waals surface area contributed by atoms with Crippen molar-refractivity contribution in [3.8, 4) is 5.75 Å². The molecular formula is C17H21NO2. The average Bonchev–Trinajstić information content (AvgIpc) is 2.93. The molecule has 0 aliphatic carbocycles. The van der Waals surface area contributed by atoms with Gasteiger partial charge in [0.2, 0.25) is 0 Å². The quantitative estimate of drug-likeness (QED) is 0.930. The first-order chi connectivity index (χ1) is 9.65. The van der Waals surface area contributed by atoms with E-state index in [0.717, 1.165) is 41.5 Å². The van der Waals surface area contributed by atoms with Gasteiger partial charge in [0.05, 0.1) is 18.8 Å². The second kappa shape index (κ2) is 5.08. The van der Waals surface area contributed by atoms with E-state index in [-0.39, 0.29) is 11.6 Å². The summed E-state index contributed by atoms with van der Waals surface area (Å²) in [7, 11) is 1.70. The van der Waals surface area contributed by atoms with Gasteiger partial charge in [0, 0.05) is 12.0 Å². The summed E-state index contributed by atoms with van der Waals surface area (Å²) < 4.78 is 11.3. The van der Waals surface area contributed by atoms with Gasteiger partial charge in [0.1, 0.15) is 5.75 Å². The van der Waals surface area contributed by atoms with Crippen LogP contribution in [0.25, 0.3) is 10.8 Å². The first kappa shape index (κ1) is 13.4. The summed E-state index contributed by atoms with van der Waals surface area (Å²) in [6, 6.07) is 12.2. The van der Waals surface area contributed by atoms with Gasteiger partial charge in [0.25, 0.3) is 0 Å². The fourth-order valence-electron chi connectivity index (χ4n) is 3.12. The minimum atomic E-state index is -0.267. The van der Waals surface area contributed by atoms with Gasteiger partial charge in [-0.1, -0.05) is 30.3 Å². The van der Waals surface area contributed by atoms with Crippen LogP contribution in [0.15, 0.2) is 36.4 Å². The molecular weight excluding hydrogens is 250 g/mol. The molecule has 0 bridgehead atoms. The molecule has 2 N–H and O–H groups in total. The van der Waals surface area contributed by atoms with Crippen LogP contribution in [-0.2, 0) is 4.74 Å². The van der Waals surface area contributed by atoms with Crippen LogP contribution in [0.3, 0.4) is 0 Å². The molecule has 1 fully saturated rings. The van der Waals surface area contributed by atoms with E-state index < -0.39 is 0 Å². The lowest BCUT2D eigenvalue weighted by molar-refractivity contribution is -0.00139. The lowest BCUT2D eigenvalue weighted by Crippen LogP contribution is -2.37. The van der Waals surface area contributed by atoms with E-state index >= 15 is 0 Å². The van der Waals surface area contributed by atoms with Crippen molar-refractivity contribution in [1.82, 2.24) is 0 Å². The Bertz CT molecular complexity index is 617. The van der Waals surface area contributed by atoms with E-state index in [4.69, 9.17) is 15.2 Å². The van der Waals surface area contributed by atoms with Crippen LogP contribution < -0.4 is 10.5 Å². The van der Waals surface area contributed by atoms with Crippen LogP contribution in [-0.4, -0.2) is 19.3 Å². The number of rotatable bonds is 3. The number of hydrogen-bond donors (Lipinski definition) is 1. The number of nitrogens with two attached hydrogens (primary N) is 1. The highest BCUT2D eigenvalue weighted by Crippen LogP contribution is 2.39. The number of benzene rings is 2. The Kier molecular flexibility index (Phi) is 3.40. The maximum Gasteiger partial charge on any atom is 0.126 e. The summed E-state index contributed by atoms with van der Waals surface area (Å²) in [6.07, 6.45) is 2.09. The molecule has 20 heavy (non-hydrogen) atoms. The van der Waals surface area contributed by atoms with Crippen LogP contribution in [0.5, 0.6) is 5.75 Å². The molecule has 2 unspecified atom stereocenters. The summed E-state index contributed by atoms with van der Waals surface area (Å²) in [5.41, 5.74) is 7.39. The Morgan fingerprint density at radius 1 is 1.20 bits per heavy atom. The summed E-state index contributed by atoms with van der Waals surface area (Å²) in [5.74, 6) is 0.883. The zero-order chi connectivity index (χ0) is 14.2. The molecule has 1 saturated heterocycles. The molecule has 0 aromatic heterocycles. The molecule has 2 aromatic carbocycles. The Hall–Kier alpha value is -1.58. The second-order valence-electron chi connectivity index (χ2n) is 5.64. The molecule has 1 aliphatic rings. The smallest absolute Gasteiger partial charge is 0.126 e. The highest BCUT2D eigenvalue weighted by Gasteiger charge is 2.37. The summed E-state index contributed by atoms with van der Waals surface area (Å²) >= 11 is 0. The number of ether oxygens (including phenoxy) is 2. The number of methoxy groups -OCH3 is 1. The predicted octanol–water partition coefficient (Wildman–Crippen LogP) is 3.42. The van der Waals surface area contributed by atoms with Crippen LogP contribution in [0, 0.1) is 0 Å². The molecule has 3 rings (SSSR count). The van der Waals surface area contributed by atoms with E-state index in [0.29, 0.717) is 0 Å². The van der Waals surface area contributed by atoms with Crippen molar-refractivity contribution < 1.29 is 9.47 Å². The Labute approximate surface area is 119 Å². The SMILES string of the molecule is COc1ccc(C(N)C2(C)CCCO2)c2ccccc12. The first-order valence-corrected chi connectivity index (χ1v) is 7.11. The van der Waals surface area contributed by atoms with Crippen molar-refractivity contribution in [3.05, 3.63) is 42.0 Å². The fourth-order valence-corrected chi connectivity index (χ4v) is 3.12. The lowest BCUT2D eigenvalue weighted by atomic mass is 9.86. The Morgan fingerprint density at radius 3 is 2.60 bits per heavy atom. The van der Waals surface area contributed by atoms with Crippen molar-refractivity contribution in [1.29, 1.82) is 0 Å². The molecule has 3 nitrogen and oxygen atoms in total. The van der Waals surface area contributed by atoms with Gasteiger partial charge in [-0.05, 0) is 36.8 Å². The normalized spacial score (nSPS) is 23.9. The fraction of sp³-hybridized carbons (Fsp3) is 0.412. The molecule has 2 aromatic rings. The molecule has 3 heteroatoms. The lowest BCUT2D eigenvalue weighted by Gasteiger charge is -2.31. The Morgan fingerprint density at radius 2 is 1.95 bits per heavy atom. The largest absolute Gasteiger partial charge is 0.496 e. The third kappa shape index (κ3) is 2.07. The van der Waals surface area contributed by atoms with Gasteiger partial charge in [-0.15, -0.1) is 0 Å². The zero-order valence-corrected chi connectivity index (χ0v) is 12.1. The van der Waals surface area contributed by atoms with Gasteiger partial charge in [-0.25, -0.2) is 0 Å². The van der Waals surface area contributed by atoms with Crippen LogP contribution in [0.1, 0.15) is 31.4 Å². The maximum atomic E-state index is 6.53. The molecule has 0 saturated carbocycles. The van der Waals surface area contributed by atoms with Gasteiger partial charge >= 0.3 is 0 Å². The summed E-state index contributed by atoms with van der Waals surface area (Å²) in [4.78, 5) is 0. The molecule has 106 valence electrons. The molecule has 0 amide bonds. The van der Waals surface area contributed by atoms with E-state index in [1.807, 2.05) is 18.2 Å². The van der Waals surface area contributed by atoms with Crippen molar-refractivity contribution in [2.24, 2.45) is 5.73 Å². The van der Waals surface area contributed by atoms with E-state index in [9.17, 15) is 0 Å². The standard InChI is InChI=1S/C17H21NO2/c1-17(10-5-11-20-17)16(18)14-8-9-15(19-2)13-7-4-3-6-12(13)14/h3-4,6-9,16H,5,10-11,18H2,1-2H3. The predicted molar refractivity (Wildman–Crippen MR) is 81.0 cm³/mol. The third-order valence-corrected chi connectivity index (χ3v) is 4.38. The van der Waals surface area contributed by atoms with Crippen molar-refractivity contribution >= 4 is 10.8 Å². The zero-order valence-electron chi connectivity index (χ0n) is 12.1. The highest BCUT2D eigenvalue weighted by atomic mass is 16.5. The van der Waals surface area contributed by atoms with Gasteiger partial charge < -0.3 is 15.2 Å². The van der Waals surface area contributed by atoms with Gasteiger partial charge in [-0.2, -0.15) is 0 Å². The minimum Gasteiger partial charge on any atom is -0.496 e. The first-order valence-electron chi connectivity index (χ1n) is 7.11.